The molecule has 2 rings (SSSR count). The highest BCUT2D eigenvalue weighted by atomic mass is 19.1. The SMILES string of the molecule is COc1cc(F)c(CC2(C#N)CCC2)cc1F. The second-order valence-electron chi connectivity index (χ2n) is 4.50. The van der Waals surface area contributed by atoms with Crippen molar-refractivity contribution >= 4 is 0 Å². The molecule has 1 aliphatic rings. The van der Waals surface area contributed by atoms with Gasteiger partial charge in [-0.05, 0) is 30.9 Å². The lowest BCUT2D eigenvalue weighted by atomic mass is 9.66. The number of halogens is 2. The maximum absolute atomic E-state index is 13.7. The molecule has 1 aliphatic carbocycles. The zero-order valence-corrected chi connectivity index (χ0v) is 9.59. The first kappa shape index (κ1) is 11.8. The summed E-state index contributed by atoms with van der Waals surface area (Å²) in [7, 11) is 1.29. The molecular weight excluding hydrogens is 224 g/mol. The summed E-state index contributed by atoms with van der Waals surface area (Å²) in [6.45, 7) is 0. The van der Waals surface area contributed by atoms with Crippen LogP contribution in [-0.4, -0.2) is 7.11 Å². The highest BCUT2D eigenvalue weighted by Crippen LogP contribution is 2.43. The van der Waals surface area contributed by atoms with E-state index in [0.717, 1.165) is 31.4 Å². The Hall–Kier alpha value is -1.63. The quantitative estimate of drug-likeness (QED) is 0.808. The van der Waals surface area contributed by atoms with Gasteiger partial charge in [0.2, 0.25) is 0 Å². The average molecular weight is 237 g/mol. The van der Waals surface area contributed by atoms with Gasteiger partial charge in [-0.2, -0.15) is 5.26 Å². The molecule has 0 bridgehead atoms. The largest absolute Gasteiger partial charge is 0.494 e. The van der Waals surface area contributed by atoms with E-state index in [-0.39, 0.29) is 17.7 Å². The van der Waals surface area contributed by atoms with Crippen LogP contribution in [0.15, 0.2) is 12.1 Å². The third kappa shape index (κ3) is 2.10. The number of methoxy groups -OCH3 is 1. The van der Waals surface area contributed by atoms with Crippen molar-refractivity contribution in [2.75, 3.05) is 7.11 Å². The minimum atomic E-state index is -0.587. The Balaban J connectivity index is 2.28. The van der Waals surface area contributed by atoms with Crippen LogP contribution in [0.3, 0.4) is 0 Å². The highest BCUT2D eigenvalue weighted by Gasteiger charge is 2.38. The molecule has 1 fully saturated rings. The highest BCUT2D eigenvalue weighted by molar-refractivity contribution is 5.32. The van der Waals surface area contributed by atoms with Gasteiger partial charge in [-0.15, -0.1) is 0 Å². The molecule has 0 amide bonds. The monoisotopic (exact) mass is 237 g/mol. The molecule has 0 N–H and O–H groups in total. The normalized spacial score (nSPS) is 17.1. The Bertz CT molecular complexity index is 475. The van der Waals surface area contributed by atoms with Crippen molar-refractivity contribution in [1.82, 2.24) is 0 Å². The molecule has 2 nitrogen and oxygen atoms in total. The van der Waals surface area contributed by atoms with Crippen molar-refractivity contribution in [3.63, 3.8) is 0 Å². The lowest BCUT2D eigenvalue weighted by Gasteiger charge is -2.35. The summed E-state index contributed by atoms with van der Waals surface area (Å²) in [5.41, 5.74) is -0.244. The molecule has 0 saturated heterocycles. The summed E-state index contributed by atoms with van der Waals surface area (Å²) in [6, 6.07) is 4.38. The van der Waals surface area contributed by atoms with Crippen LogP contribution in [0, 0.1) is 28.4 Å². The van der Waals surface area contributed by atoms with E-state index < -0.39 is 17.0 Å². The second kappa shape index (κ2) is 4.33. The Morgan fingerprint density at radius 2 is 2.06 bits per heavy atom. The summed E-state index contributed by atoms with van der Waals surface area (Å²) >= 11 is 0. The van der Waals surface area contributed by atoms with Gasteiger partial charge in [0.1, 0.15) is 5.82 Å². The number of nitrogens with zero attached hydrogens (tertiary/aromatic N) is 1. The van der Waals surface area contributed by atoms with E-state index in [1.807, 2.05) is 0 Å². The standard InChI is InChI=1S/C13H13F2NO/c1-17-12-6-10(14)9(5-11(12)15)7-13(8-16)3-2-4-13/h5-6H,2-4,7H2,1H3. The Labute approximate surface area is 98.8 Å². The summed E-state index contributed by atoms with van der Waals surface area (Å²) in [5.74, 6) is -1.20. The number of benzene rings is 1. The maximum Gasteiger partial charge on any atom is 0.165 e. The van der Waals surface area contributed by atoms with Gasteiger partial charge >= 0.3 is 0 Å². The van der Waals surface area contributed by atoms with Crippen molar-refractivity contribution in [2.24, 2.45) is 5.41 Å². The van der Waals surface area contributed by atoms with Crippen molar-refractivity contribution in [2.45, 2.75) is 25.7 Å². The predicted octanol–water partition coefficient (Wildman–Crippen LogP) is 3.21. The van der Waals surface area contributed by atoms with E-state index >= 15 is 0 Å². The molecule has 0 atom stereocenters. The summed E-state index contributed by atoms with van der Waals surface area (Å²) in [4.78, 5) is 0. The zero-order chi connectivity index (χ0) is 12.5. The van der Waals surface area contributed by atoms with Crippen LogP contribution in [0.5, 0.6) is 5.75 Å². The molecule has 4 heteroatoms. The van der Waals surface area contributed by atoms with E-state index in [1.54, 1.807) is 0 Å². The number of nitriles is 1. The van der Waals surface area contributed by atoms with Gasteiger partial charge in [-0.3, -0.25) is 0 Å². The third-order valence-electron chi connectivity index (χ3n) is 3.40. The minimum Gasteiger partial charge on any atom is -0.494 e. The summed E-state index contributed by atoms with van der Waals surface area (Å²) < 4.78 is 31.8. The first-order valence-corrected chi connectivity index (χ1v) is 5.53. The van der Waals surface area contributed by atoms with Crippen LogP contribution in [0.4, 0.5) is 8.78 Å². The molecule has 0 aromatic heterocycles. The molecule has 0 aliphatic heterocycles. The van der Waals surface area contributed by atoms with Crippen molar-refractivity contribution in [3.8, 4) is 11.8 Å². The van der Waals surface area contributed by atoms with Crippen molar-refractivity contribution in [1.29, 1.82) is 5.26 Å². The van der Waals surface area contributed by atoms with Gasteiger partial charge in [0.15, 0.2) is 11.6 Å². The number of rotatable bonds is 3. The molecule has 0 unspecified atom stereocenters. The fourth-order valence-electron chi connectivity index (χ4n) is 2.16. The molecular formula is C13H13F2NO. The van der Waals surface area contributed by atoms with Gasteiger partial charge in [0.25, 0.3) is 0 Å². The molecule has 1 aromatic carbocycles. The third-order valence-corrected chi connectivity index (χ3v) is 3.40. The van der Waals surface area contributed by atoms with Gasteiger partial charge in [0.05, 0.1) is 18.6 Å². The van der Waals surface area contributed by atoms with E-state index in [4.69, 9.17) is 10.00 Å². The first-order chi connectivity index (χ1) is 8.10. The predicted molar refractivity (Wildman–Crippen MR) is 58.5 cm³/mol. The molecule has 1 aromatic rings. The summed E-state index contributed by atoms with van der Waals surface area (Å²) in [6.07, 6.45) is 2.78. The van der Waals surface area contributed by atoms with Crippen molar-refractivity contribution in [3.05, 3.63) is 29.3 Å². The average Bonchev–Trinajstić information content (AvgIpc) is 2.27. The first-order valence-electron chi connectivity index (χ1n) is 5.53. The topological polar surface area (TPSA) is 33.0 Å². The summed E-state index contributed by atoms with van der Waals surface area (Å²) in [5, 5.41) is 9.07. The Kier molecular flexibility index (Phi) is 3.01. The van der Waals surface area contributed by atoms with Crippen LogP contribution >= 0.6 is 0 Å². The van der Waals surface area contributed by atoms with Gasteiger partial charge < -0.3 is 4.74 Å². The van der Waals surface area contributed by atoms with E-state index in [9.17, 15) is 8.78 Å². The molecule has 1 saturated carbocycles. The van der Waals surface area contributed by atoms with Crippen LogP contribution in [0.1, 0.15) is 24.8 Å². The Morgan fingerprint density at radius 1 is 1.35 bits per heavy atom. The van der Waals surface area contributed by atoms with Gasteiger partial charge in [-0.25, -0.2) is 8.78 Å². The fraction of sp³-hybridized carbons (Fsp3) is 0.462. The molecule has 0 heterocycles. The zero-order valence-electron chi connectivity index (χ0n) is 9.59. The smallest absolute Gasteiger partial charge is 0.165 e. The number of ether oxygens (including phenoxy) is 1. The molecule has 0 radical (unpaired) electrons. The van der Waals surface area contributed by atoms with E-state index in [2.05, 4.69) is 6.07 Å². The van der Waals surface area contributed by atoms with Crippen LogP contribution in [0.2, 0.25) is 0 Å². The van der Waals surface area contributed by atoms with Crippen LogP contribution in [-0.2, 0) is 6.42 Å². The lowest BCUT2D eigenvalue weighted by Crippen LogP contribution is -2.30. The molecule has 0 spiro atoms. The van der Waals surface area contributed by atoms with Crippen LogP contribution in [0.25, 0.3) is 0 Å². The fourth-order valence-corrected chi connectivity index (χ4v) is 2.16. The molecule has 90 valence electrons. The number of hydrogen-bond donors (Lipinski definition) is 0. The Morgan fingerprint density at radius 3 is 2.53 bits per heavy atom. The van der Waals surface area contributed by atoms with Gasteiger partial charge in [0, 0.05) is 6.07 Å². The lowest BCUT2D eigenvalue weighted by molar-refractivity contribution is 0.211. The van der Waals surface area contributed by atoms with E-state index in [1.165, 1.54) is 7.11 Å². The molecule has 17 heavy (non-hydrogen) atoms. The van der Waals surface area contributed by atoms with Crippen LogP contribution < -0.4 is 4.74 Å². The minimum absolute atomic E-state index is 0.106. The number of hydrogen-bond acceptors (Lipinski definition) is 2. The second-order valence-corrected chi connectivity index (χ2v) is 4.50. The van der Waals surface area contributed by atoms with Gasteiger partial charge in [-0.1, -0.05) is 6.42 Å². The van der Waals surface area contributed by atoms with E-state index in [0.29, 0.717) is 0 Å². The maximum atomic E-state index is 13.7. The van der Waals surface area contributed by atoms with Crippen molar-refractivity contribution < 1.29 is 13.5 Å².